The summed E-state index contributed by atoms with van der Waals surface area (Å²) in [7, 11) is 1.63. The van der Waals surface area contributed by atoms with Crippen LogP contribution in [0.15, 0.2) is 24.3 Å². The van der Waals surface area contributed by atoms with Gasteiger partial charge in [0.25, 0.3) is 0 Å². The normalized spacial score (nSPS) is 11.6. The van der Waals surface area contributed by atoms with Crippen molar-refractivity contribution in [3.05, 3.63) is 29.8 Å². The van der Waals surface area contributed by atoms with Gasteiger partial charge in [-0.05, 0) is 6.07 Å². The summed E-state index contributed by atoms with van der Waals surface area (Å²) in [6.07, 6.45) is 5.32. The van der Waals surface area contributed by atoms with Crippen LogP contribution in [0.4, 0.5) is 0 Å². The molecule has 1 aromatic rings. The second kappa shape index (κ2) is 5.92. The number of para-hydroxylation sites is 1. The first-order valence-electron chi connectivity index (χ1n) is 5.27. The van der Waals surface area contributed by atoms with E-state index in [9.17, 15) is 9.90 Å². The Kier molecular flexibility index (Phi) is 4.56. The van der Waals surface area contributed by atoms with E-state index in [0.29, 0.717) is 12.1 Å². The Hall–Kier alpha value is -1.99. The predicted molar refractivity (Wildman–Crippen MR) is 66.0 cm³/mol. The Balaban J connectivity index is 2.67. The van der Waals surface area contributed by atoms with Crippen LogP contribution in [0.25, 0.3) is 0 Å². The Morgan fingerprint density at radius 3 is 2.82 bits per heavy atom. The van der Waals surface area contributed by atoms with Crippen LogP contribution in [-0.2, 0) is 11.3 Å². The predicted octanol–water partition coefficient (Wildman–Crippen LogP) is 0.701. The number of phenolic OH excluding ortho intramolecular Hbond substituents is 1. The van der Waals surface area contributed by atoms with E-state index in [1.807, 2.05) is 0 Å². The molecule has 0 saturated heterocycles. The summed E-state index contributed by atoms with van der Waals surface area (Å²) in [6, 6.07) is 6.18. The molecule has 0 aromatic heterocycles. The first-order valence-corrected chi connectivity index (χ1v) is 5.27. The molecule has 0 aliphatic carbocycles. The maximum atomic E-state index is 11.8. The van der Waals surface area contributed by atoms with E-state index in [4.69, 9.17) is 12.2 Å². The van der Waals surface area contributed by atoms with Crippen LogP contribution < -0.4 is 5.73 Å². The second-order valence-electron chi connectivity index (χ2n) is 3.84. The van der Waals surface area contributed by atoms with Crippen molar-refractivity contribution in [3.8, 4) is 18.1 Å². The number of carbonyl (C=O) groups is 1. The van der Waals surface area contributed by atoms with Gasteiger partial charge in [0.1, 0.15) is 5.75 Å². The number of likely N-dealkylation sites (N-methyl/N-ethyl adjacent to an activating group) is 1. The molecule has 1 unspecified atom stereocenters. The maximum absolute atomic E-state index is 11.8. The van der Waals surface area contributed by atoms with Gasteiger partial charge >= 0.3 is 0 Å². The SMILES string of the molecule is C#CCC(N)C(=O)N(C)Cc1ccccc1O. The van der Waals surface area contributed by atoms with Crippen LogP contribution >= 0.6 is 0 Å². The molecule has 0 fully saturated rings. The van der Waals surface area contributed by atoms with Crippen LogP contribution in [0.3, 0.4) is 0 Å². The summed E-state index contributed by atoms with van der Waals surface area (Å²) < 4.78 is 0. The topological polar surface area (TPSA) is 66.6 Å². The van der Waals surface area contributed by atoms with Gasteiger partial charge in [0.05, 0.1) is 6.04 Å². The first kappa shape index (κ1) is 13.1. The Morgan fingerprint density at radius 2 is 2.24 bits per heavy atom. The maximum Gasteiger partial charge on any atom is 0.240 e. The molecule has 1 rings (SSSR count). The molecule has 0 aliphatic rings. The van der Waals surface area contributed by atoms with Crippen LogP contribution in [0.1, 0.15) is 12.0 Å². The van der Waals surface area contributed by atoms with Crippen LogP contribution in [0.5, 0.6) is 5.75 Å². The summed E-state index contributed by atoms with van der Waals surface area (Å²) >= 11 is 0. The number of terminal acetylenes is 1. The fourth-order valence-corrected chi connectivity index (χ4v) is 1.48. The number of nitrogens with two attached hydrogens (primary N) is 1. The van der Waals surface area contributed by atoms with Gasteiger partial charge in [-0.1, -0.05) is 18.2 Å². The van der Waals surface area contributed by atoms with Crippen molar-refractivity contribution in [1.29, 1.82) is 0 Å². The van der Waals surface area contributed by atoms with Crippen molar-refractivity contribution < 1.29 is 9.90 Å². The highest BCUT2D eigenvalue weighted by Crippen LogP contribution is 2.17. The van der Waals surface area contributed by atoms with Crippen LogP contribution in [-0.4, -0.2) is 29.0 Å². The monoisotopic (exact) mass is 232 g/mol. The number of amides is 1. The van der Waals surface area contributed by atoms with Gasteiger partial charge in [-0.25, -0.2) is 0 Å². The highest BCUT2D eigenvalue weighted by atomic mass is 16.3. The number of benzene rings is 1. The molecule has 4 nitrogen and oxygen atoms in total. The fourth-order valence-electron chi connectivity index (χ4n) is 1.48. The van der Waals surface area contributed by atoms with Gasteiger partial charge in [0, 0.05) is 25.6 Å². The lowest BCUT2D eigenvalue weighted by molar-refractivity contribution is -0.131. The van der Waals surface area contributed by atoms with Crippen molar-refractivity contribution in [3.63, 3.8) is 0 Å². The van der Waals surface area contributed by atoms with Gasteiger partial charge in [-0.3, -0.25) is 4.79 Å². The Labute approximate surface area is 101 Å². The number of nitrogens with zero attached hydrogens (tertiary/aromatic N) is 1. The minimum Gasteiger partial charge on any atom is -0.508 e. The fraction of sp³-hybridized carbons (Fsp3) is 0.308. The smallest absolute Gasteiger partial charge is 0.240 e. The van der Waals surface area contributed by atoms with Gasteiger partial charge < -0.3 is 15.7 Å². The number of aromatic hydroxyl groups is 1. The van der Waals surface area contributed by atoms with E-state index in [2.05, 4.69) is 5.92 Å². The number of carbonyl (C=O) groups excluding carboxylic acids is 1. The molecule has 0 spiro atoms. The largest absolute Gasteiger partial charge is 0.508 e. The zero-order valence-corrected chi connectivity index (χ0v) is 9.76. The quantitative estimate of drug-likeness (QED) is 0.751. The van der Waals surface area contributed by atoms with Crippen molar-refractivity contribution in [2.24, 2.45) is 5.73 Å². The molecule has 90 valence electrons. The molecule has 17 heavy (non-hydrogen) atoms. The molecule has 1 aromatic carbocycles. The van der Waals surface area contributed by atoms with E-state index < -0.39 is 6.04 Å². The second-order valence-corrected chi connectivity index (χ2v) is 3.84. The lowest BCUT2D eigenvalue weighted by Gasteiger charge is -2.20. The molecule has 3 N–H and O–H groups in total. The molecule has 1 amide bonds. The number of rotatable bonds is 4. The molecular weight excluding hydrogens is 216 g/mol. The molecule has 0 aliphatic heterocycles. The highest BCUT2D eigenvalue weighted by Gasteiger charge is 2.17. The van der Waals surface area contributed by atoms with E-state index in [0.717, 1.165) is 0 Å². The van der Waals surface area contributed by atoms with Crippen molar-refractivity contribution in [1.82, 2.24) is 4.90 Å². The third kappa shape index (κ3) is 3.51. The molecule has 0 heterocycles. The summed E-state index contributed by atoms with van der Waals surface area (Å²) in [6.45, 7) is 0.309. The zero-order chi connectivity index (χ0) is 12.8. The minimum absolute atomic E-state index is 0.165. The molecular formula is C13H16N2O2. The molecule has 1 atom stereocenters. The molecule has 0 saturated carbocycles. The Bertz CT molecular complexity index is 437. The summed E-state index contributed by atoms with van der Waals surface area (Å²) in [5, 5.41) is 9.58. The van der Waals surface area contributed by atoms with Crippen molar-refractivity contribution in [2.45, 2.75) is 19.0 Å². The zero-order valence-electron chi connectivity index (χ0n) is 9.76. The molecule has 0 bridgehead atoms. The van der Waals surface area contributed by atoms with E-state index in [-0.39, 0.29) is 18.1 Å². The van der Waals surface area contributed by atoms with E-state index in [1.165, 1.54) is 4.90 Å². The standard InChI is InChI=1S/C13H16N2O2/c1-3-6-11(14)13(17)15(2)9-10-7-4-5-8-12(10)16/h1,4-5,7-8,11,16H,6,9,14H2,2H3. The highest BCUT2D eigenvalue weighted by molar-refractivity contribution is 5.81. The lowest BCUT2D eigenvalue weighted by atomic mass is 10.1. The molecule has 4 heteroatoms. The average Bonchev–Trinajstić information content (AvgIpc) is 2.31. The van der Waals surface area contributed by atoms with Crippen LogP contribution in [0.2, 0.25) is 0 Å². The van der Waals surface area contributed by atoms with Gasteiger partial charge in [0.15, 0.2) is 0 Å². The van der Waals surface area contributed by atoms with Crippen molar-refractivity contribution in [2.75, 3.05) is 7.05 Å². The average molecular weight is 232 g/mol. The van der Waals surface area contributed by atoms with E-state index >= 15 is 0 Å². The van der Waals surface area contributed by atoms with Gasteiger partial charge in [0.2, 0.25) is 5.91 Å². The van der Waals surface area contributed by atoms with Crippen molar-refractivity contribution >= 4 is 5.91 Å². The number of hydrogen-bond donors (Lipinski definition) is 2. The van der Waals surface area contributed by atoms with E-state index in [1.54, 1.807) is 31.3 Å². The van der Waals surface area contributed by atoms with Crippen LogP contribution in [0, 0.1) is 12.3 Å². The number of hydrogen-bond acceptors (Lipinski definition) is 3. The Morgan fingerprint density at radius 1 is 1.59 bits per heavy atom. The first-order chi connectivity index (χ1) is 8.06. The lowest BCUT2D eigenvalue weighted by Crippen LogP contribution is -2.41. The number of phenols is 1. The third-order valence-corrected chi connectivity index (χ3v) is 2.43. The molecule has 0 radical (unpaired) electrons. The minimum atomic E-state index is -0.684. The van der Waals surface area contributed by atoms with Gasteiger partial charge in [-0.15, -0.1) is 12.3 Å². The summed E-state index contributed by atoms with van der Waals surface area (Å²) in [4.78, 5) is 13.2. The summed E-state index contributed by atoms with van der Waals surface area (Å²) in [5.41, 5.74) is 6.30. The van der Waals surface area contributed by atoms with Gasteiger partial charge in [-0.2, -0.15) is 0 Å². The summed E-state index contributed by atoms with van der Waals surface area (Å²) in [5.74, 6) is 2.29. The third-order valence-electron chi connectivity index (χ3n) is 2.43.